The van der Waals surface area contributed by atoms with E-state index < -0.39 is 10.0 Å². The molecule has 0 unspecified atom stereocenters. The third-order valence-corrected chi connectivity index (χ3v) is 5.95. The maximum atomic E-state index is 13.0. The zero-order valence-electron chi connectivity index (χ0n) is 16.0. The summed E-state index contributed by atoms with van der Waals surface area (Å²) in [4.78, 5) is 14.5. The molecule has 1 amide bonds. The monoisotopic (exact) mass is 394 g/mol. The number of hydrogen-bond donors (Lipinski definition) is 1. The van der Waals surface area contributed by atoms with Crippen LogP contribution in [0.3, 0.4) is 0 Å². The molecule has 0 heterocycles. The first-order valence-electron chi connectivity index (χ1n) is 8.82. The minimum atomic E-state index is -3.82. The van der Waals surface area contributed by atoms with Crippen molar-refractivity contribution >= 4 is 27.3 Å². The lowest BCUT2D eigenvalue weighted by atomic mass is 10.1. The second-order valence-electron chi connectivity index (χ2n) is 6.60. The largest absolute Gasteiger partial charge is 0.311 e. The van der Waals surface area contributed by atoms with Crippen LogP contribution >= 0.6 is 0 Å². The highest BCUT2D eigenvalue weighted by atomic mass is 32.2. The van der Waals surface area contributed by atoms with Crippen LogP contribution in [0.15, 0.2) is 77.7 Å². The first kappa shape index (κ1) is 19.6. The van der Waals surface area contributed by atoms with Crippen molar-refractivity contribution in [1.29, 1.82) is 0 Å². The summed E-state index contributed by atoms with van der Waals surface area (Å²) in [5.41, 5.74) is 3.12. The number of amides is 1. The van der Waals surface area contributed by atoms with Crippen molar-refractivity contribution in [2.75, 3.05) is 16.7 Å². The predicted molar refractivity (Wildman–Crippen MR) is 112 cm³/mol. The van der Waals surface area contributed by atoms with E-state index >= 15 is 0 Å². The van der Waals surface area contributed by atoms with E-state index in [1.54, 1.807) is 32.2 Å². The summed E-state index contributed by atoms with van der Waals surface area (Å²) in [5.74, 6) is -0.267. The van der Waals surface area contributed by atoms with Gasteiger partial charge in [0.05, 0.1) is 10.6 Å². The van der Waals surface area contributed by atoms with Crippen LogP contribution in [0.2, 0.25) is 0 Å². The fourth-order valence-corrected chi connectivity index (χ4v) is 4.00. The van der Waals surface area contributed by atoms with Crippen LogP contribution in [0.5, 0.6) is 0 Å². The standard InChI is InChI=1S/C22H22N2O3S/c1-16-13-14-19(28(26,27)23-21-12-8-7-9-17(21)2)15-20(16)22(25)24(3)18-10-5-4-6-11-18/h4-15,23H,1-3H3. The Hall–Kier alpha value is -3.12. The average Bonchev–Trinajstić information content (AvgIpc) is 2.69. The van der Waals surface area contributed by atoms with Crippen molar-refractivity contribution in [2.45, 2.75) is 18.7 Å². The molecule has 3 aromatic rings. The molecular weight excluding hydrogens is 372 g/mol. The second kappa shape index (κ2) is 7.86. The lowest BCUT2D eigenvalue weighted by Gasteiger charge is -2.19. The maximum Gasteiger partial charge on any atom is 0.261 e. The first-order valence-corrected chi connectivity index (χ1v) is 10.3. The van der Waals surface area contributed by atoms with Gasteiger partial charge in [-0.3, -0.25) is 9.52 Å². The van der Waals surface area contributed by atoms with E-state index in [1.807, 2.05) is 49.4 Å². The van der Waals surface area contributed by atoms with E-state index in [1.165, 1.54) is 17.0 Å². The zero-order valence-corrected chi connectivity index (χ0v) is 16.8. The number of para-hydroxylation sites is 2. The number of sulfonamides is 1. The molecular formula is C22H22N2O3S. The third-order valence-electron chi connectivity index (χ3n) is 4.59. The SMILES string of the molecule is Cc1ccccc1NS(=O)(=O)c1ccc(C)c(C(=O)N(C)c2ccccc2)c1. The minimum Gasteiger partial charge on any atom is -0.311 e. The highest BCUT2D eigenvalue weighted by Crippen LogP contribution is 2.23. The summed E-state index contributed by atoms with van der Waals surface area (Å²) in [6, 6.07) is 21.0. The third kappa shape index (κ3) is 4.07. The fourth-order valence-electron chi connectivity index (χ4n) is 2.84. The quantitative estimate of drug-likeness (QED) is 0.698. The van der Waals surface area contributed by atoms with Crippen LogP contribution in [-0.4, -0.2) is 21.4 Å². The van der Waals surface area contributed by atoms with Crippen molar-refractivity contribution in [3.8, 4) is 0 Å². The number of nitrogens with zero attached hydrogens (tertiary/aromatic N) is 1. The highest BCUT2D eigenvalue weighted by molar-refractivity contribution is 7.92. The Bertz CT molecular complexity index is 1110. The number of anilines is 2. The minimum absolute atomic E-state index is 0.0474. The Kier molecular flexibility index (Phi) is 5.51. The maximum absolute atomic E-state index is 13.0. The summed E-state index contributed by atoms with van der Waals surface area (Å²) in [6.45, 7) is 3.62. The van der Waals surface area contributed by atoms with Gasteiger partial charge in [-0.15, -0.1) is 0 Å². The van der Waals surface area contributed by atoms with Gasteiger partial charge in [-0.2, -0.15) is 0 Å². The molecule has 0 aliphatic heterocycles. The van der Waals surface area contributed by atoms with Gasteiger partial charge in [-0.1, -0.05) is 42.5 Å². The van der Waals surface area contributed by atoms with Gasteiger partial charge in [0.25, 0.3) is 15.9 Å². The molecule has 0 aromatic heterocycles. The van der Waals surface area contributed by atoms with Crippen LogP contribution in [-0.2, 0) is 10.0 Å². The molecule has 0 bridgehead atoms. The van der Waals surface area contributed by atoms with E-state index in [2.05, 4.69) is 4.72 Å². The molecule has 0 aliphatic carbocycles. The number of benzene rings is 3. The van der Waals surface area contributed by atoms with E-state index in [0.717, 1.165) is 11.3 Å². The van der Waals surface area contributed by atoms with Gasteiger partial charge in [0.15, 0.2) is 0 Å². The van der Waals surface area contributed by atoms with Gasteiger partial charge < -0.3 is 4.90 Å². The Morgan fingerprint density at radius 3 is 2.18 bits per heavy atom. The number of rotatable bonds is 5. The first-order chi connectivity index (χ1) is 13.3. The Morgan fingerprint density at radius 2 is 1.50 bits per heavy atom. The van der Waals surface area contributed by atoms with Gasteiger partial charge >= 0.3 is 0 Å². The number of nitrogens with one attached hydrogen (secondary N) is 1. The van der Waals surface area contributed by atoms with Gasteiger partial charge in [-0.25, -0.2) is 8.42 Å². The second-order valence-corrected chi connectivity index (χ2v) is 8.28. The lowest BCUT2D eigenvalue weighted by Crippen LogP contribution is -2.27. The van der Waals surface area contributed by atoms with Gasteiger partial charge in [0.1, 0.15) is 0 Å². The smallest absolute Gasteiger partial charge is 0.261 e. The summed E-state index contributed by atoms with van der Waals surface area (Å²) >= 11 is 0. The average molecular weight is 394 g/mol. The fraction of sp³-hybridized carbons (Fsp3) is 0.136. The predicted octanol–water partition coefficient (Wildman–Crippen LogP) is 4.38. The van der Waals surface area contributed by atoms with Crippen molar-refractivity contribution in [3.63, 3.8) is 0 Å². The Balaban J connectivity index is 1.95. The molecule has 0 atom stereocenters. The van der Waals surface area contributed by atoms with Gasteiger partial charge in [-0.05, 0) is 55.3 Å². The summed E-state index contributed by atoms with van der Waals surface area (Å²) in [7, 11) is -2.15. The van der Waals surface area contributed by atoms with Crippen LogP contribution in [0.1, 0.15) is 21.5 Å². The number of carbonyl (C=O) groups is 1. The molecule has 0 radical (unpaired) electrons. The van der Waals surface area contributed by atoms with Crippen molar-refractivity contribution in [3.05, 3.63) is 89.5 Å². The molecule has 144 valence electrons. The summed E-state index contributed by atoms with van der Waals surface area (Å²) in [6.07, 6.45) is 0. The van der Waals surface area contributed by atoms with Crippen LogP contribution in [0.4, 0.5) is 11.4 Å². The van der Waals surface area contributed by atoms with Gasteiger partial charge in [0.2, 0.25) is 0 Å². The van der Waals surface area contributed by atoms with E-state index in [9.17, 15) is 13.2 Å². The summed E-state index contributed by atoms with van der Waals surface area (Å²) < 4.78 is 28.3. The van der Waals surface area contributed by atoms with Gasteiger partial charge in [0, 0.05) is 18.3 Å². The molecule has 1 N–H and O–H groups in total. The van der Waals surface area contributed by atoms with Crippen molar-refractivity contribution in [1.82, 2.24) is 0 Å². The van der Waals surface area contributed by atoms with Crippen LogP contribution in [0.25, 0.3) is 0 Å². The molecule has 0 aliphatic rings. The van der Waals surface area contributed by atoms with Crippen molar-refractivity contribution < 1.29 is 13.2 Å². The number of carbonyl (C=O) groups excluding carboxylic acids is 1. The molecule has 3 aromatic carbocycles. The molecule has 6 heteroatoms. The highest BCUT2D eigenvalue weighted by Gasteiger charge is 2.21. The normalized spacial score (nSPS) is 11.1. The number of aryl methyl sites for hydroxylation is 2. The molecule has 0 spiro atoms. The topological polar surface area (TPSA) is 66.5 Å². The number of hydrogen-bond acceptors (Lipinski definition) is 3. The van der Waals surface area contributed by atoms with Crippen LogP contribution in [0, 0.1) is 13.8 Å². The van der Waals surface area contributed by atoms with E-state index in [4.69, 9.17) is 0 Å². The molecule has 0 saturated heterocycles. The van der Waals surface area contributed by atoms with Crippen molar-refractivity contribution in [2.24, 2.45) is 0 Å². The summed E-state index contributed by atoms with van der Waals surface area (Å²) in [5, 5.41) is 0. The van der Waals surface area contributed by atoms with Crippen LogP contribution < -0.4 is 9.62 Å². The Morgan fingerprint density at radius 1 is 0.857 bits per heavy atom. The molecule has 0 saturated carbocycles. The molecule has 5 nitrogen and oxygen atoms in total. The molecule has 3 rings (SSSR count). The molecule has 28 heavy (non-hydrogen) atoms. The lowest BCUT2D eigenvalue weighted by molar-refractivity contribution is 0.0992. The zero-order chi connectivity index (χ0) is 20.3. The van der Waals surface area contributed by atoms with E-state index in [0.29, 0.717) is 16.8 Å². The Labute approximate surface area is 165 Å². The van der Waals surface area contributed by atoms with E-state index in [-0.39, 0.29) is 10.8 Å². The molecule has 0 fully saturated rings.